The Morgan fingerprint density at radius 2 is 2.00 bits per heavy atom. The summed E-state index contributed by atoms with van der Waals surface area (Å²) in [6.07, 6.45) is 6.87. The first-order chi connectivity index (χ1) is 16.5. The van der Waals surface area contributed by atoms with Crippen molar-refractivity contribution in [3.05, 3.63) is 78.0 Å². The highest BCUT2D eigenvalue weighted by atomic mass is 16.3. The molecule has 0 saturated carbocycles. The topological polar surface area (TPSA) is 139 Å². The van der Waals surface area contributed by atoms with Gasteiger partial charge in [0.05, 0.1) is 31.1 Å². The van der Waals surface area contributed by atoms with E-state index in [0.717, 1.165) is 38.9 Å². The summed E-state index contributed by atoms with van der Waals surface area (Å²) < 4.78 is 1.69. The number of nitrogens with two attached hydrogens (primary N) is 1. The molecule has 5 rings (SSSR count). The van der Waals surface area contributed by atoms with Crippen LogP contribution in [0.15, 0.2) is 61.2 Å². The molecular weight excluding hydrogens is 430 g/mol. The lowest BCUT2D eigenvalue weighted by Crippen LogP contribution is -2.07. The molecule has 0 bridgehead atoms. The molecule has 4 aromatic heterocycles. The number of aromatic nitrogens is 6. The fourth-order valence-electron chi connectivity index (χ4n) is 4.06. The van der Waals surface area contributed by atoms with Gasteiger partial charge in [-0.2, -0.15) is 5.10 Å². The Bertz CT molecular complexity index is 1460. The van der Waals surface area contributed by atoms with Crippen LogP contribution in [-0.4, -0.2) is 46.5 Å². The van der Waals surface area contributed by atoms with Gasteiger partial charge in [0.1, 0.15) is 5.65 Å². The molecule has 9 heteroatoms. The lowest BCUT2D eigenvalue weighted by molar-refractivity contribution is 0.177. The van der Waals surface area contributed by atoms with E-state index in [2.05, 4.69) is 25.0 Å². The second kappa shape index (κ2) is 9.05. The van der Waals surface area contributed by atoms with Gasteiger partial charge < -0.3 is 20.9 Å². The standard InChI is InChI=1S/C25H25N7O2/c1-15-3-2-4-16(7-15)23(34)10-19-9-22(31-25(26)30-19)21-13-28-24-20(21)8-17(11-27-24)18-12-29-32(14-18)5-6-33/h2-4,7-9,11-14,23,33-34H,5-6,10H2,1H3,(H,27,28)(H2,26,30,31). The minimum absolute atomic E-state index is 0.0242. The molecule has 0 radical (unpaired) electrons. The van der Waals surface area contributed by atoms with Crippen LogP contribution in [0.4, 0.5) is 5.95 Å². The molecule has 1 atom stereocenters. The Morgan fingerprint density at radius 3 is 2.82 bits per heavy atom. The first kappa shape index (κ1) is 21.7. The van der Waals surface area contributed by atoms with E-state index in [9.17, 15) is 5.11 Å². The first-order valence-electron chi connectivity index (χ1n) is 11.0. The van der Waals surface area contributed by atoms with Crippen LogP contribution in [0.5, 0.6) is 0 Å². The van der Waals surface area contributed by atoms with E-state index < -0.39 is 6.10 Å². The van der Waals surface area contributed by atoms with Crippen molar-refractivity contribution in [1.82, 2.24) is 29.7 Å². The van der Waals surface area contributed by atoms with Gasteiger partial charge in [-0.1, -0.05) is 29.8 Å². The summed E-state index contributed by atoms with van der Waals surface area (Å²) in [4.78, 5) is 16.5. The number of aromatic amines is 1. The largest absolute Gasteiger partial charge is 0.394 e. The third-order valence-corrected chi connectivity index (χ3v) is 5.73. The molecule has 0 aliphatic heterocycles. The average Bonchev–Trinajstić information content (AvgIpc) is 3.45. The van der Waals surface area contributed by atoms with Crippen LogP contribution in [0, 0.1) is 6.92 Å². The summed E-state index contributed by atoms with van der Waals surface area (Å²) >= 11 is 0. The fraction of sp³-hybridized carbons (Fsp3) is 0.200. The summed E-state index contributed by atoms with van der Waals surface area (Å²) in [6.45, 7) is 2.45. The fourth-order valence-corrected chi connectivity index (χ4v) is 4.06. The number of aryl methyl sites for hydroxylation is 1. The third-order valence-electron chi connectivity index (χ3n) is 5.73. The smallest absolute Gasteiger partial charge is 0.220 e. The molecule has 9 nitrogen and oxygen atoms in total. The Kier molecular flexibility index (Phi) is 5.79. The average molecular weight is 456 g/mol. The Morgan fingerprint density at radius 1 is 1.12 bits per heavy atom. The highest BCUT2D eigenvalue weighted by Crippen LogP contribution is 2.31. The van der Waals surface area contributed by atoms with Gasteiger partial charge in [0.2, 0.25) is 5.95 Å². The number of H-pyrrole nitrogens is 1. The van der Waals surface area contributed by atoms with Gasteiger partial charge >= 0.3 is 0 Å². The van der Waals surface area contributed by atoms with Gasteiger partial charge in [-0.3, -0.25) is 4.68 Å². The lowest BCUT2D eigenvalue weighted by atomic mass is 10.0. The van der Waals surface area contributed by atoms with Gasteiger partial charge in [-0.05, 0) is 24.6 Å². The molecule has 5 aromatic rings. The molecule has 0 aliphatic carbocycles. The number of aliphatic hydroxyl groups excluding tert-OH is 2. The summed E-state index contributed by atoms with van der Waals surface area (Å²) in [5.41, 5.74) is 12.6. The van der Waals surface area contributed by atoms with Crippen molar-refractivity contribution in [3.63, 3.8) is 0 Å². The monoisotopic (exact) mass is 455 g/mol. The van der Waals surface area contributed by atoms with Crippen molar-refractivity contribution in [1.29, 1.82) is 0 Å². The number of aliphatic hydroxyl groups is 2. The number of hydrogen-bond acceptors (Lipinski definition) is 7. The lowest BCUT2D eigenvalue weighted by Gasteiger charge is -2.12. The van der Waals surface area contributed by atoms with E-state index in [0.29, 0.717) is 24.4 Å². The van der Waals surface area contributed by atoms with E-state index in [1.807, 2.05) is 55.7 Å². The number of nitrogens with zero attached hydrogens (tertiary/aromatic N) is 5. The molecule has 1 aromatic carbocycles. The highest BCUT2D eigenvalue weighted by Gasteiger charge is 2.15. The molecule has 0 spiro atoms. The van der Waals surface area contributed by atoms with E-state index in [-0.39, 0.29) is 12.6 Å². The first-order valence-corrected chi connectivity index (χ1v) is 11.0. The molecule has 0 saturated heterocycles. The molecule has 34 heavy (non-hydrogen) atoms. The van der Waals surface area contributed by atoms with Crippen LogP contribution in [0.1, 0.15) is 22.9 Å². The molecule has 5 N–H and O–H groups in total. The maximum atomic E-state index is 10.7. The van der Waals surface area contributed by atoms with Crippen LogP contribution < -0.4 is 5.73 Å². The second-order valence-electron chi connectivity index (χ2n) is 8.27. The number of hydrogen-bond donors (Lipinski definition) is 4. The van der Waals surface area contributed by atoms with Gasteiger partial charge in [0, 0.05) is 52.8 Å². The van der Waals surface area contributed by atoms with E-state index in [4.69, 9.17) is 10.8 Å². The summed E-state index contributed by atoms with van der Waals surface area (Å²) in [5, 5.41) is 25.0. The number of rotatable bonds is 7. The maximum Gasteiger partial charge on any atom is 0.220 e. The van der Waals surface area contributed by atoms with Crippen molar-refractivity contribution in [2.45, 2.75) is 26.0 Å². The normalized spacial score (nSPS) is 12.3. The van der Waals surface area contributed by atoms with E-state index >= 15 is 0 Å². The number of nitrogen functional groups attached to an aromatic ring is 1. The van der Waals surface area contributed by atoms with Crippen molar-refractivity contribution in [2.75, 3.05) is 12.3 Å². The van der Waals surface area contributed by atoms with E-state index in [1.54, 1.807) is 17.1 Å². The number of pyridine rings is 1. The minimum atomic E-state index is -0.700. The quantitative estimate of drug-likeness (QED) is 0.296. The van der Waals surface area contributed by atoms with Crippen molar-refractivity contribution < 1.29 is 10.2 Å². The zero-order chi connectivity index (χ0) is 23.7. The second-order valence-corrected chi connectivity index (χ2v) is 8.27. The number of nitrogens with one attached hydrogen (secondary N) is 1. The molecule has 4 heterocycles. The molecular formula is C25H25N7O2. The van der Waals surface area contributed by atoms with Crippen molar-refractivity contribution in [3.8, 4) is 22.4 Å². The van der Waals surface area contributed by atoms with Crippen LogP contribution in [0.2, 0.25) is 0 Å². The van der Waals surface area contributed by atoms with Crippen molar-refractivity contribution in [2.24, 2.45) is 0 Å². The highest BCUT2D eigenvalue weighted by molar-refractivity contribution is 5.95. The van der Waals surface area contributed by atoms with Gasteiger partial charge in [-0.25, -0.2) is 15.0 Å². The Labute approximate surface area is 196 Å². The summed E-state index contributed by atoms with van der Waals surface area (Å²) in [6, 6.07) is 11.7. The summed E-state index contributed by atoms with van der Waals surface area (Å²) in [7, 11) is 0. The molecule has 0 fully saturated rings. The SMILES string of the molecule is Cc1cccc(C(O)Cc2cc(-c3c[nH]c4ncc(-c5cnn(CCO)c5)cc34)nc(N)n2)c1. The van der Waals surface area contributed by atoms with E-state index in [1.165, 1.54) is 0 Å². The number of benzene rings is 1. The van der Waals surface area contributed by atoms with Crippen molar-refractivity contribution >= 4 is 17.0 Å². The van der Waals surface area contributed by atoms with Crippen LogP contribution in [0.25, 0.3) is 33.4 Å². The molecule has 0 aliphatic rings. The molecule has 1 unspecified atom stereocenters. The Hall–Kier alpha value is -4.08. The summed E-state index contributed by atoms with van der Waals surface area (Å²) in [5.74, 6) is 0.146. The molecule has 172 valence electrons. The van der Waals surface area contributed by atoms with Crippen LogP contribution in [-0.2, 0) is 13.0 Å². The molecule has 0 amide bonds. The van der Waals surface area contributed by atoms with Gasteiger partial charge in [0.25, 0.3) is 0 Å². The predicted molar refractivity (Wildman–Crippen MR) is 130 cm³/mol. The van der Waals surface area contributed by atoms with Gasteiger partial charge in [-0.15, -0.1) is 0 Å². The number of anilines is 1. The van der Waals surface area contributed by atoms with Crippen LogP contribution >= 0.6 is 0 Å². The van der Waals surface area contributed by atoms with Crippen LogP contribution in [0.3, 0.4) is 0 Å². The third kappa shape index (κ3) is 4.39. The predicted octanol–water partition coefficient (Wildman–Crippen LogP) is 3.04. The van der Waals surface area contributed by atoms with Gasteiger partial charge in [0.15, 0.2) is 0 Å². The minimum Gasteiger partial charge on any atom is -0.394 e. The Balaban J connectivity index is 1.48. The maximum absolute atomic E-state index is 10.7. The zero-order valence-corrected chi connectivity index (χ0v) is 18.7. The number of fused-ring (bicyclic) bond motifs is 1. The zero-order valence-electron chi connectivity index (χ0n) is 18.7.